The van der Waals surface area contributed by atoms with Crippen LogP contribution < -0.4 is 11.1 Å². The summed E-state index contributed by atoms with van der Waals surface area (Å²) < 4.78 is 0. The molecule has 1 aliphatic rings. The highest BCUT2D eigenvalue weighted by atomic mass is 16.1. The van der Waals surface area contributed by atoms with E-state index in [0.29, 0.717) is 24.8 Å². The number of allylic oxidation sites excluding steroid dienone is 2. The zero-order chi connectivity index (χ0) is 11.8. The minimum absolute atomic E-state index is 0.159. The van der Waals surface area contributed by atoms with Crippen LogP contribution in [0.4, 0.5) is 0 Å². The summed E-state index contributed by atoms with van der Waals surface area (Å²) in [7, 11) is 0. The van der Waals surface area contributed by atoms with E-state index in [1.54, 1.807) is 0 Å². The Morgan fingerprint density at radius 1 is 1.56 bits per heavy atom. The largest absolute Gasteiger partial charge is 0.356 e. The molecule has 3 heteroatoms. The van der Waals surface area contributed by atoms with Gasteiger partial charge in [-0.2, -0.15) is 0 Å². The summed E-state index contributed by atoms with van der Waals surface area (Å²) in [5.74, 6) is 1.13. The van der Waals surface area contributed by atoms with Gasteiger partial charge in [-0.15, -0.1) is 0 Å². The summed E-state index contributed by atoms with van der Waals surface area (Å²) in [6.07, 6.45) is 9.46. The van der Waals surface area contributed by atoms with Gasteiger partial charge in [0.25, 0.3) is 0 Å². The maximum Gasteiger partial charge on any atom is 0.220 e. The van der Waals surface area contributed by atoms with E-state index in [1.165, 1.54) is 6.42 Å². The first-order valence-electron chi connectivity index (χ1n) is 6.38. The van der Waals surface area contributed by atoms with Crippen LogP contribution in [0.3, 0.4) is 0 Å². The first-order chi connectivity index (χ1) is 7.76. The Balaban J connectivity index is 2.16. The van der Waals surface area contributed by atoms with Gasteiger partial charge in [0.1, 0.15) is 0 Å². The van der Waals surface area contributed by atoms with E-state index in [9.17, 15) is 4.79 Å². The number of carbonyl (C=O) groups is 1. The van der Waals surface area contributed by atoms with Crippen LogP contribution in [0.2, 0.25) is 0 Å². The van der Waals surface area contributed by atoms with Crippen molar-refractivity contribution in [2.75, 3.05) is 13.1 Å². The quantitative estimate of drug-likeness (QED) is 0.676. The average molecular weight is 224 g/mol. The predicted molar refractivity (Wildman–Crippen MR) is 66.9 cm³/mol. The van der Waals surface area contributed by atoms with Crippen molar-refractivity contribution in [2.45, 2.75) is 39.0 Å². The molecule has 0 radical (unpaired) electrons. The van der Waals surface area contributed by atoms with Crippen LogP contribution in [-0.4, -0.2) is 19.0 Å². The van der Waals surface area contributed by atoms with E-state index in [4.69, 9.17) is 5.73 Å². The number of hydrogen-bond acceptors (Lipinski definition) is 2. The number of nitrogens with two attached hydrogens (primary N) is 1. The highest BCUT2D eigenvalue weighted by Crippen LogP contribution is 2.17. The summed E-state index contributed by atoms with van der Waals surface area (Å²) in [6, 6.07) is 0. The average Bonchev–Trinajstić information content (AvgIpc) is 2.34. The summed E-state index contributed by atoms with van der Waals surface area (Å²) in [4.78, 5) is 11.6. The molecule has 1 rings (SSSR count). The highest BCUT2D eigenvalue weighted by molar-refractivity contribution is 5.76. The van der Waals surface area contributed by atoms with Crippen molar-refractivity contribution in [3.05, 3.63) is 12.2 Å². The van der Waals surface area contributed by atoms with E-state index >= 15 is 0 Å². The van der Waals surface area contributed by atoms with Gasteiger partial charge in [0, 0.05) is 13.0 Å². The molecular weight excluding hydrogens is 200 g/mol. The SMILES string of the molecule is CCC(CN)CC(=O)NCC1CC=CCC1. The summed E-state index contributed by atoms with van der Waals surface area (Å²) >= 11 is 0. The number of hydrogen-bond donors (Lipinski definition) is 2. The molecule has 0 saturated carbocycles. The van der Waals surface area contributed by atoms with E-state index in [1.807, 2.05) is 0 Å². The molecule has 0 aromatic heterocycles. The van der Waals surface area contributed by atoms with Crippen LogP contribution in [0, 0.1) is 11.8 Å². The third kappa shape index (κ3) is 4.79. The Bertz CT molecular complexity index is 234. The Hall–Kier alpha value is -0.830. The summed E-state index contributed by atoms with van der Waals surface area (Å²) in [5, 5.41) is 3.02. The van der Waals surface area contributed by atoms with Crippen LogP contribution >= 0.6 is 0 Å². The van der Waals surface area contributed by atoms with Gasteiger partial charge in [0.2, 0.25) is 5.91 Å². The minimum Gasteiger partial charge on any atom is -0.356 e. The number of nitrogens with one attached hydrogen (secondary N) is 1. The van der Waals surface area contributed by atoms with Crippen molar-refractivity contribution < 1.29 is 4.79 Å². The maximum atomic E-state index is 11.6. The van der Waals surface area contributed by atoms with Crippen LogP contribution in [0.1, 0.15) is 39.0 Å². The second-order valence-corrected chi connectivity index (χ2v) is 4.67. The Labute approximate surface area is 98.5 Å². The van der Waals surface area contributed by atoms with E-state index in [2.05, 4.69) is 24.4 Å². The number of carbonyl (C=O) groups excluding carboxylic acids is 1. The lowest BCUT2D eigenvalue weighted by atomic mass is 9.94. The summed E-state index contributed by atoms with van der Waals surface area (Å²) in [6.45, 7) is 3.51. The van der Waals surface area contributed by atoms with Crippen LogP contribution in [0.5, 0.6) is 0 Å². The zero-order valence-electron chi connectivity index (χ0n) is 10.2. The molecule has 16 heavy (non-hydrogen) atoms. The van der Waals surface area contributed by atoms with E-state index < -0.39 is 0 Å². The van der Waals surface area contributed by atoms with Crippen molar-refractivity contribution in [3.8, 4) is 0 Å². The number of rotatable bonds is 6. The van der Waals surface area contributed by atoms with Gasteiger partial charge in [-0.05, 0) is 37.6 Å². The Morgan fingerprint density at radius 3 is 2.94 bits per heavy atom. The Kier molecular flexibility index (Phi) is 6.16. The first-order valence-corrected chi connectivity index (χ1v) is 6.38. The minimum atomic E-state index is 0.159. The lowest BCUT2D eigenvalue weighted by Crippen LogP contribution is -2.32. The van der Waals surface area contributed by atoms with E-state index in [0.717, 1.165) is 25.8 Å². The van der Waals surface area contributed by atoms with Crippen molar-refractivity contribution in [2.24, 2.45) is 17.6 Å². The molecule has 1 amide bonds. The second kappa shape index (κ2) is 7.44. The second-order valence-electron chi connectivity index (χ2n) is 4.67. The molecule has 1 aliphatic carbocycles. The van der Waals surface area contributed by atoms with Gasteiger partial charge < -0.3 is 11.1 Å². The van der Waals surface area contributed by atoms with Crippen molar-refractivity contribution in [3.63, 3.8) is 0 Å². The van der Waals surface area contributed by atoms with Crippen molar-refractivity contribution >= 4 is 5.91 Å². The molecule has 0 aromatic carbocycles. The Morgan fingerprint density at radius 2 is 2.38 bits per heavy atom. The lowest BCUT2D eigenvalue weighted by molar-refractivity contribution is -0.122. The van der Waals surface area contributed by atoms with Crippen molar-refractivity contribution in [1.29, 1.82) is 0 Å². The fourth-order valence-electron chi connectivity index (χ4n) is 2.03. The molecule has 0 spiro atoms. The lowest BCUT2D eigenvalue weighted by Gasteiger charge is -2.19. The van der Waals surface area contributed by atoms with Crippen LogP contribution in [-0.2, 0) is 4.79 Å². The van der Waals surface area contributed by atoms with Gasteiger partial charge in [0.15, 0.2) is 0 Å². The third-order valence-corrected chi connectivity index (χ3v) is 3.35. The van der Waals surface area contributed by atoms with Gasteiger partial charge in [-0.25, -0.2) is 0 Å². The monoisotopic (exact) mass is 224 g/mol. The molecule has 3 nitrogen and oxygen atoms in total. The molecule has 92 valence electrons. The fourth-order valence-corrected chi connectivity index (χ4v) is 2.03. The summed E-state index contributed by atoms with van der Waals surface area (Å²) in [5.41, 5.74) is 5.58. The predicted octanol–water partition coefficient (Wildman–Crippen LogP) is 1.83. The molecule has 0 aromatic rings. The highest BCUT2D eigenvalue weighted by Gasteiger charge is 2.13. The molecule has 0 saturated heterocycles. The van der Waals surface area contributed by atoms with Crippen molar-refractivity contribution in [1.82, 2.24) is 5.32 Å². The van der Waals surface area contributed by atoms with E-state index in [-0.39, 0.29) is 5.91 Å². The molecule has 0 bridgehead atoms. The number of amides is 1. The zero-order valence-corrected chi connectivity index (χ0v) is 10.2. The third-order valence-electron chi connectivity index (χ3n) is 3.35. The topological polar surface area (TPSA) is 55.1 Å². The van der Waals surface area contributed by atoms with Gasteiger partial charge in [0.05, 0.1) is 0 Å². The van der Waals surface area contributed by atoms with Gasteiger partial charge in [-0.3, -0.25) is 4.79 Å². The van der Waals surface area contributed by atoms with Crippen LogP contribution in [0.15, 0.2) is 12.2 Å². The molecule has 2 atom stereocenters. The van der Waals surface area contributed by atoms with Gasteiger partial charge in [-0.1, -0.05) is 25.5 Å². The molecule has 0 heterocycles. The fraction of sp³-hybridized carbons (Fsp3) is 0.769. The molecular formula is C13H24N2O. The standard InChI is InChI=1S/C13H24N2O/c1-2-11(9-14)8-13(16)15-10-12-6-4-3-5-7-12/h3-4,11-12H,2,5-10,14H2,1H3,(H,15,16). The maximum absolute atomic E-state index is 11.6. The van der Waals surface area contributed by atoms with Crippen LogP contribution in [0.25, 0.3) is 0 Å². The molecule has 0 fully saturated rings. The molecule has 0 aliphatic heterocycles. The molecule has 2 unspecified atom stereocenters. The van der Waals surface area contributed by atoms with Gasteiger partial charge >= 0.3 is 0 Å². The normalized spacial score (nSPS) is 21.8. The smallest absolute Gasteiger partial charge is 0.220 e. The molecule has 3 N–H and O–H groups in total. The first kappa shape index (κ1) is 13.2.